The number of benzene rings is 2. The normalized spacial score (nSPS) is 15.7. The summed E-state index contributed by atoms with van der Waals surface area (Å²) in [5.41, 5.74) is 4.95. The van der Waals surface area contributed by atoms with Crippen molar-refractivity contribution < 1.29 is 0 Å². The molecule has 7 nitrogen and oxygen atoms in total. The van der Waals surface area contributed by atoms with Gasteiger partial charge in [0.2, 0.25) is 0 Å². The summed E-state index contributed by atoms with van der Waals surface area (Å²) in [4.78, 5) is 19.1. The Bertz CT molecular complexity index is 1350. The highest BCUT2D eigenvalue weighted by Crippen LogP contribution is 2.34. The molecule has 1 aliphatic carbocycles. The largest absolute Gasteiger partial charge is 0.322 e. The maximum absolute atomic E-state index is 13.6. The lowest BCUT2D eigenvalue weighted by atomic mass is 9.94. The standard InChI is InChI=1S/C28H34N6O/c1-4-33(18-21-11-7-5-8-12-21)26(27-30-31-32-34(27)22-13-9-6-10-14-22)24-17-23-20(3)15-19(2)16-25(23)29-28(24)35/h5,7-8,11-12,15-17,22,26H,4,6,9-10,13-14,18H2,1-3H3,(H,29,35). The van der Waals surface area contributed by atoms with Crippen molar-refractivity contribution in [3.05, 3.63) is 87.0 Å². The van der Waals surface area contributed by atoms with Crippen LogP contribution < -0.4 is 5.56 Å². The van der Waals surface area contributed by atoms with Gasteiger partial charge in [-0.25, -0.2) is 4.68 Å². The van der Waals surface area contributed by atoms with Gasteiger partial charge in [-0.15, -0.1) is 5.10 Å². The van der Waals surface area contributed by atoms with E-state index in [1.807, 2.05) is 16.8 Å². The minimum atomic E-state index is -0.356. The predicted molar refractivity (Wildman–Crippen MR) is 138 cm³/mol. The smallest absolute Gasteiger partial charge is 0.253 e. The maximum Gasteiger partial charge on any atom is 0.253 e. The van der Waals surface area contributed by atoms with Gasteiger partial charge >= 0.3 is 0 Å². The van der Waals surface area contributed by atoms with E-state index >= 15 is 0 Å². The molecular weight excluding hydrogens is 436 g/mol. The van der Waals surface area contributed by atoms with Crippen molar-refractivity contribution in [3.63, 3.8) is 0 Å². The van der Waals surface area contributed by atoms with Crippen LogP contribution in [0.2, 0.25) is 0 Å². The number of rotatable bonds is 7. The fourth-order valence-electron chi connectivity index (χ4n) is 5.56. The lowest BCUT2D eigenvalue weighted by molar-refractivity contribution is 0.204. The molecule has 0 radical (unpaired) electrons. The average Bonchev–Trinajstić information content (AvgIpc) is 3.34. The molecule has 2 aromatic carbocycles. The third-order valence-electron chi connectivity index (χ3n) is 7.32. The molecule has 1 aliphatic rings. The Kier molecular flexibility index (Phi) is 6.77. The third-order valence-corrected chi connectivity index (χ3v) is 7.32. The van der Waals surface area contributed by atoms with E-state index in [1.54, 1.807) is 0 Å². The van der Waals surface area contributed by atoms with Gasteiger partial charge in [-0.05, 0) is 72.5 Å². The van der Waals surface area contributed by atoms with Crippen LogP contribution >= 0.6 is 0 Å². The zero-order valence-corrected chi connectivity index (χ0v) is 20.9. The fraction of sp³-hybridized carbons (Fsp3) is 0.429. The van der Waals surface area contributed by atoms with Crippen molar-refractivity contribution in [2.45, 2.75) is 71.5 Å². The van der Waals surface area contributed by atoms with Gasteiger partial charge in [0.25, 0.3) is 5.56 Å². The lowest BCUT2D eigenvalue weighted by Gasteiger charge is -2.32. The van der Waals surface area contributed by atoms with Crippen LogP contribution in [0.5, 0.6) is 0 Å². The van der Waals surface area contributed by atoms with E-state index < -0.39 is 0 Å². The molecule has 4 aromatic rings. The summed E-state index contributed by atoms with van der Waals surface area (Å²) in [6.07, 6.45) is 5.77. The van der Waals surface area contributed by atoms with Gasteiger partial charge in [-0.1, -0.05) is 62.6 Å². The number of nitrogens with one attached hydrogen (secondary N) is 1. The number of nitrogens with zero attached hydrogens (tertiary/aromatic N) is 5. The molecule has 35 heavy (non-hydrogen) atoms. The minimum Gasteiger partial charge on any atom is -0.322 e. The van der Waals surface area contributed by atoms with Crippen molar-refractivity contribution in [1.82, 2.24) is 30.1 Å². The molecule has 0 spiro atoms. The molecule has 2 aromatic heterocycles. The second-order valence-corrected chi connectivity index (χ2v) is 9.82. The average molecular weight is 471 g/mol. The molecule has 1 fully saturated rings. The second kappa shape index (κ2) is 10.1. The molecule has 182 valence electrons. The van der Waals surface area contributed by atoms with Crippen LogP contribution in [0.3, 0.4) is 0 Å². The number of H-pyrrole nitrogens is 1. The second-order valence-electron chi connectivity index (χ2n) is 9.82. The Labute approximate surface area is 206 Å². The molecule has 5 rings (SSSR count). The van der Waals surface area contributed by atoms with Crippen molar-refractivity contribution in [3.8, 4) is 0 Å². The van der Waals surface area contributed by atoms with Crippen molar-refractivity contribution >= 4 is 10.9 Å². The molecule has 1 unspecified atom stereocenters. The number of hydrogen-bond acceptors (Lipinski definition) is 5. The summed E-state index contributed by atoms with van der Waals surface area (Å²) >= 11 is 0. The number of tetrazole rings is 1. The number of aryl methyl sites for hydroxylation is 2. The van der Waals surface area contributed by atoms with E-state index in [1.165, 1.54) is 24.8 Å². The number of pyridine rings is 1. The van der Waals surface area contributed by atoms with Crippen LogP contribution in [-0.4, -0.2) is 36.6 Å². The first kappa shape index (κ1) is 23.4. The van der Waals surface area contributed by atoms with Crippen LogP contribution in [0.15, 0.2) is 53.3 Å². The van der Waals surface area contributed by atoms with Crippen molar-refractivity contribution in [1.29, 1.82) is 0 Å². The van der Waals surface area contributed by atoms with Crippen LogP contribution in [0.1, 0.15) is 79.2 Å². The van der Waals surface area contributed by atoms with Gasteiger partial charge in [0.1, 0.15) is 6.04 Å². The highest BCUT2D eigenvalue weighted by Gasteiger charge is 2.32. The number of aromatic amines is 1. The first-order valence-electron chi connectivity index (χ1n) is 12.7. The quantitative estimate of drug-likeness (QED) is 0.399. The molecular formula is C28H34N6O. The molecule has 7 heteroatoms. The molecule has 2 heterocycles. The van der Waals surface area contributed by atoms with E-state index in [9.17, 15) is 4.79 Å². The first-order chi connectivity index (χ1) is 17.0. The summed E-state index contributed by atoms with van der Waals surface area (Å²) in [5.74, 6) is 0.754. The summed E-state index contributed by atoms with van der Waals surface area (Å²) < 4.78 is 2.00. The lowest BCUT2D eigenvalue weighted by Crippen LogP contribution is -2.35. The zero-order chi connectivity index (χ0) is 24.4. The van der Waals surface area contributed by atoms with Crippen LogP contribution in [0, 0.1) is 13.8 Å². The Morgan fingerprint density at radius 3 is 2.60 bits per heavy atom. The van der Waals surface area contributed by atoms with Gasteiger partial charge in [0.15, 0.2) is 5.82 Å². The molecule has 0 bridgehead atoms. The van der Waals surface area contributed by atoms with Crippen molar-refractivity contribution in [2.24, 2.45) is 0 Å². The SMILES string of the molecule is CCN(Cc1ccccc1)C(c1cc2c(C)cc(C)cc2[nH]c1=O)c1nnnn1C1CCCCC1. The molecule has 0 saturated heterocycles. The van der Waals surface area contributed by atoms with E-state index in [2.05, 4.69) is 82.6 Å². The van der Waals surface area contributed by atoms with Crippen LogP contribution in [-0.2, 0) is 6.54 Å². The summed E-state index contributed by atoms with van der Waals surface area (Å²) in [6, 6.07) is 16.6. The topological polar surface area (TPSA) is 79.7 Å². The molecule has 0 amide bonds. The van der Waals surface area contributed by atoms with E-state index in [-0.39, 0.29) is 17.6 Å². The molecule has 0 aliphatic heterocycles. The Hall–Kier alpha value is -3.32. The highest BCUT2D eigenvalue weighted by molar-refractivity contribution is 5.83. The Morgan fingerprint density at radius 1 is 1.09 bits per heavy atom. The number of aromatic nitrogens is 5. The van der Waals surface area contributed by atoms with Crippen molar-refractivity contribution in [2.75, 3.05) is 6.54 Å². The van der Waals surface area contributed by atoms with Gasteiger partial charge in [-0.3, -0.25) is 9.69 Å². The summed E-state index contributed by atoms with van der Waals surface area (Å²) in [7, 11) is 0. The van der Waals surface area contributed by atoms with E-state index in [4.69, 9.17) is 0 Å². The predicted octanol–water partition coefficient (Wildman–Crippen LogP) is 5.25. The summed E-state index contributed by atoms with van der Waals surface area (Å²) in [5, 5.41) is 14.2. The molecule has 1 atom stereocenters. The van der Waals surface area contributed by atoms with Gasteiger partial charge < -0.3 is 4.98 Å². The van der Waals surface area contributed by atoms with Crippen LogP contribution in [0.4, 0.5) is 0 Å². The van der Waals surface area contributed by atoms with Gasteiger partial charge in [0.05, 0.1) is 6.04 Å². The Balaban J connectivity index is 1.67. The highest BCUT2D eigenvalue weighted by atomic mass is 16.1. The summed E-state index contributed by atoms with van der Waals surface area (Å²) in [6.45, 7) is 7.73. The van der Waals surface area contributed by atoms with E-state index in [0.717, 1.165) is 47.2 Å². The molecule has 1 N–H and O–H groups in total. The van der Waals surface area contributed by atoms with E-state index in [0.29, 0.717) is 12.1 Å². The zero-order valence-electron chi connectivity index (χ0n) is 20.9. The number of hydrogen-bond donors (Lipinski definition) is 1. The molecule has 1 saturated carbocycles. The Morgan fingerprint density at radius 2 is 1.86 bits per heavy atom. The van der Waals surface area contributed by atoms with Gasteiger partial charge in [-0.2, -0.15) is 0 Å². The third kappa shape index (κ3) is 4.78. The maximum atomic E-state index is 13.6. The number of fused-ring (bicyclic) bond motifs is 1. The monoisotopic (exact) mass is 470 g/mol. The van der Waals surface area contributed by atoms with Gasteiger partial charge in [0, 0.05) is 23.0 Å². The fourth-order valence-corrected chi connectivity index (χ4v) is 5.56. The first-order valence-corrected chi connectivity index (χ1v) is 12.7. The van der Waals surface area contributed by atoms with Crippen LogP contribution in [0.25, 0.3) is 10.9 Å². The minimum absolute atomic E-state index is 0.0859.